The second-order valence-corrected chi connectivity index (χ2v) is 7.03. The molecule has 1 aromatic carbocycles. The van der Waals surface area contributed by atoms with Crippen molar-refractivity contribution >= 4 is 11.7 Å². The predicted molar refractivity (Wildman–Crippen MR) is 98.6 cm³/mol. The van der Waals surface area contributed by atoms with E-state index in [0.717, 1.165) is 17.0 Å². The second-order valence-electron chi connectivity index (χ2n) is 7.03. The standard InChI is InChI=1S/C20H23N5O/c1-13-17(14(2)25-20(23-13)21-12-22-25)10-11-18(26)24-19(16-8-9-16)15-6-4-3-5-7-15/h3-7,12,16,19H,8-11H2,1-2H3,(H,24,26). The van der Waals surface area contributed by atoms with E-state index >= 15 is 0 Å². The number of carbonyl (C=O) groups excluding carboxylic acids is 1. The molecule has 1 atom stereocenters. The molecule has 2 heterocycles. The highest BCUT2D eigenvalue weighted by atomic mass is 16.1. The van der Waals surface area contributed by atoms with Gasteiger partial charge in [-0.15, -0.1) is 0 Å². The van der Waals surface area contributed by atoms with Gasteiger partial charge in [-0.05, 0) is 50.2 Å². The van der Waals surface area contributed by atoms with Gasteiger partial charge in [0.25, 0.3) is 5.78 Å². The fourth-order valence-electron chi connectivity index (χ4n) is 3.56. The lowest BCUT2D eigenvalue weighted by Gasteiger charge is -2.19. The maximum atomic E-state index is 12.6. The summed E-state index contributed by atoms with van der Waals surface area (Å²) in [5.74, 6) is 1.26. The number of carbonyl (C=O) groups is 1. The number of amides is 1. The topological polar surface area (TPSA) is 72.2 Å². The lowest BCUT2D eigenvalue weighted by atomic mass is 10.0. The van der Waals surface area contributed by atoms with Crippen LogP contribution < -0.4 is 5.32 Å². The van der Waals surface area contributed by atoms with E-state index in [1.165, 1.54) is 24.7 Å². The first-order valence-electron chi connectivity index (χ1n) is 9.13. The Hall–Kier alpha value is -2.76. The van der Waals surface area contributed by atoms with Crippen molar-refractivity contribution in [2.24, 2.45) is 5.92 Å². The van der Waals surface area contributed by atoms with E-state index < -0.39 is 0 Å². The van der Waals surface area contributed by atoms with Crippen LogP contribution >= 0.6 is 0 Å². The van der Waals surface area contributed by atoms with Crippen LogP contribution in [-0.4, -0.2) is 25.5 Å². The number of nitrogens with zero attached hydrogens (tertiary/aromatic N) is 4. The fraction of sp³-hybridized carbons (Fsp3) is 0.400. The molecule has 1 N–H and O–H groups in total. The van der Waals surface area contributed by atoms with Gasteiger partial charge in [0.2, 0.25) is 5.91 Å². The summed E-state index contributed by atoms with van der Waals surface area (Å²) in [6, 6.07) is 10.4. The highest BCUT2D eigenvalue weighted by molar-refractivity contribution is 5.77. The van der Waals surface area contributed by atoms with Gasteiger partial charge in [0.1, 0.15) is 6.33 Å². The van der Waals surface area contributed by atoms with E-state index in [4.69, 9.17) is 0 Å². The summed E-state index contributed by atoms with van der Waals surface area (Å²) >= 11 is 0. The van der Waals surface area contributed by atoms with Crippen molar-refractivity contribution in [3.63, 3.8) is 0 Å². The number of hydrogen-bond acceptors (Lipinski definition) is 4. The van der Waals surface area contributed by atoms with Crippen LogP contribution in [-0.2, 0) is 11.2 Å². The highest BCUT2D eigenvalue weighted by Crippen LogP contribution is 2.41. The summed E-state index contributed by atoms with van der Waals surface area (Å²) < 4.78 is 1.73. The summed E-state index contributed by atoms with van der Waals surface area (Å²) in [6.45, 7) is 3.96. The molecule has 3 aromatic rings. The van der Waals surface area contributed by atoms with Gasteiger partial charge in [0, 0.05) is 17.8 Å². The van der Waals surface area contributed by atoms with Gasteiger partial charge in [-0.1, -0.05) is 30.3 Å². The Kier molecular flexibility index (Phi) is 4.41. The van der Waals surface area contributed by atoms with Crippen molar-refractivity contribution < 1.29 is 4.79 Å². The van der Waals surface area contributed by atoms with Crippen LogP contribution in [0.3, 0.4) is 0 Å². The third-order valence-corrected chi connectivity index (χ3v) is 5.16. The first kappa shape index (κ1) is 16.7. The number of benzene rings is 1. The third kappa shape index (κ3) is 3.31. The molecule has 0 aliphatic heterocycles. The average molecular weight is 349 g/mol. The normalized spacial score (nSPS) is 15.2. The van der Waals surface area contributed by atoms with Crippen LogP contribution in [0.5, 0.6) is 0 Å². The average Bonchev–Trinajstić information content (AvgIpc) is 3.38. The Bertz CT molecular complexity index is 930. The minimum Gasteiger partial charge on any atom is -0.349 e. The molecule has 4 rings (SSSR count). The molecule has 0 radical (unpaired) electrons. The maximum Gasteiger partial charge on any atom is 0.252 e. The number of rotatable bonds is 6. The van der Waals surface area contributed by atoms with Crippen LogP contribution in [0.4, 0.5) is 0 Å². The molecule has 26 heavy (non-hydrogen) atoms. The van der Waals surface area contributed by atoms with Crippen molar-refractivity contribution in [2.75, 3.05) is 0 Å². The maximum absolute atomic E-state index is 12.6. The first-order valence-corrected chi connectivity index (χ1v) is 9.13. The Morgan fingerprint density at radius 1 is 1.27 bits per heavy atom. The predicted octanol–water partition coefficient (Wildman–Crippen LogP) is 2.94. The van der Waals surface area contributed by atoms with Crippen LogP contribution in [0.2, 0.25) is 0 Å². The summed E-state index contributed by atoms with van der Waals surface area (Å²) in [5, 5.41) is 7.45. The molecule has 2 aromatic heterocycles. The van der Waals surface area contributed by atoms with Crippen molar-refractivity contribution in [3.05, 3.63) is 59.2 Å². The molecule has 6 nitrogen and oxygen atoms in total. The van der Waals surface area contributed by atoms with E-state index in [-0.39, 0.29) is 11.9 Å². The van der Waals surface area contributed by atoms with Crippen LogP contribution in [0.1, 0.15) is 47.8 Å². The SMILES string of the molecule is Cc1nc2ncnn2c(C)c1CCC(=O)NC(c1ccccc1)C1CC1. The molecule has 1 saturated carbocycles. The molecule has 1 amide bonds. The van der Waals surface area contributed by atoms with E-state index in [9.17, 15) is 4.79 Å². The van der Waals surface area contributed by atoms with Crippen LogP contribution in [0.15, 0.2) is 36.7 Å². The van der Waals surface area contributed by atoms with Crippen LogP contribution in [0.25, 0.3) is 5.78 Å². The molecule has 1 aliphatic rings. The lowest BCUT2D eigenvalue weighted by molar-refractivity contribution is -0.122. The van der Waals surface area contributed by atoms with Crippen LogP contribution in [0, 0.1) is 19.8 Å². The summed E-state index contributed by atoms with van der Waals surface area (Å²) in [6.07, 6.45) is 4.97. The summed E-state index contributed by atoms with van der Waals surface area (Å²) in [7, 11) is 0. The first-order chi connectivity index (χ1) is 12.6. The van der Waals surface area contributed by atoms with Gasteiger partial charge in [-0.3, -0.25) is 4.79 Å². The molecular weight excluding hydrogens is 326 g/mol. The van der Waals surface area contributed by atoms with E-state index in [1.54, 1.807) is 4.52 Å². The van der Waals surface area contributed by atoms with Gasteiger partial charge >= 0.3 is 0 Å². The molecule has 6 heteroatoms. The molecule has 0 spiro atoms. The smallest absolute Gasteiger partial charge is 0.252 e. The molecule has 134 valence electrons. The highest BCUT2D eigenvalue weighted by Gasteiger charge is 2.33. The molecule has 1 unspecified atom stereocenters. The minimum atomic E-state index is 0.0863. The quantitative estimate of drug-likeness (QED) is 0.743. The lowest BCUT2D eigenvalue weighted by Crippen LogP contribution is -2.30. The van der Waals surface area contributed by atoms with Gasteiger partial charge in [-0.25, -0.2) is 9.50 Å². The molecule has 0 bridgehead atoms. The van der Waals surface area contributed by atoms with Crippen molar-refractivity contribution in [1.29, 1.82) is 0 Å². The van der Waals surface area contributed by atoms with E-state index in [2.05, 4.69) is 32.5 Å². The molecular formula is C20H23N5O. The van der Waals surface area contributed by atoms with Crippen molar-refractivity contribution in [1.82, 2.24) is 24.9 Å². The van der Waals surface area contributed by atoms with Gasteiger partial charge in [0.15, 0.2) is 0 Å². The Morgan fingerprint density at radius 2 is 2.04 bits per heavy atom. The zero-order valence-electron chi connectivity index (χ0n) is 15.1. The number of nitrogens with one attached hydrogen (secondary N) is 1. The fourth-order valence-corrected chi connectivity index (χ4v) is 3.56. The molecule has 1 aliphatic carbocycles. The summed E-state index contributed by atoms with van der Waals surface area (Å²) in [4.78, 5) is 21.2. The minimum absolute atomic E-state index is 0.0863. The zero-order chi connectivity index (χ0) is 18.1. The van der Waals surface area contributed by atoms with Gasteiger partial charge in [0.05, 0.1) is 6.04 Å². The number of aryl methyl sites for hydroxylation is 2. The van der Waals surface area contributed by atoms with E-state index in [0.29, 0.717) is 24.5 Å². The Labute approximate surface area is 152 Å². The number of aromatic nitrogens is 4. The monoisotopic (exact) mass is 349 g/mol. The Balaban J connectivity index is 1.45. The number of hydrogen-bond donors (Lipinski definition) is 1. The van der Waals surface area contributed by atoms with Gasteiger partial charge < -0.3 is 5.32 Å². The zero-order valence-corrected chi connectivity index (χ0v) is 15.1. The third-order valence-electron chi connectivity index (χ3n) is 5.16. The summed E-state index contributed by atoms with van der Waals surface area (Å²) in [5.41, 5.74) is 4.18. The Morgan fingerprint density at radius 3 is 2.77 bits per heavy atom. The van der Waals surface area contributed by atoms with Crippen molar-refractivity contribution in [2.45, 2.75) is 45.6 Å². The van der Waals surface area contributed by atoms with Crippen molar-refractivity contribution in [3.8, 4) is 0 Å². The van der Waals surface area contributed by atoms with E-state index in [1.807, 2.05) is 32.0 Å². The number of fused-ring (bicyclic) bond motifs is 1. The largest absolute Gasteiger partial charge is 0.349 e. The second kappa shape index (κ2) is 6.86. The van der Waals surface area contributed by atoms with Gasteiger partial charge in [-0.2, -0.15) is 10.1 Å². The molecule has 0 saturated heterocycles. The molecule has 1 fully saturated rings.